The quantitative estimate of drug-likeness (QED) is 0.386. The zero-order chi connectivity index (χ0) is 23.8. The minimum atomic E-state index is -0.480. The predicted molar refractivity (Wildman–Crippen MR) is 131 cm³/mol. The minimum absolute atomic E-state index is 0.0169. The summed E-state index contributed by atoms with van der Waals surface area (Å²) in [7, 11) is 0. The Morgan fingerprint density at radius 1 is 1.18 bits per heavy atom. The summed E-state index contributed by atoms with van der Waals surface area (Å²) < 4.78 is 14.0. The summed E-state index contributed by atoms with van der Waals surface area (Å²) in [5.74, 6) is 0.717. The second-order valence-corrected chi connectivity index (χ2v) is 10.6. The van der Waals surface area contributed by atoms with E-state index in [1.165, 1.54) is 0 Å². The van der Waals surface area contributed by atoms with Gasteiger partial charge in [-0.25, -0.2) is 4.79 Å². The van der Waals surface area contributed by atoms with Crippen molar-refractivity contribution in [1.82, 2.24) is 9.78 Å². The van der Waals surface area contributed by atoms with E-state index in [-0.39, 0.29) is 12.6 Å². The molecule has 1 heterocycles. The first-order valence-electron chi connectivity index (χ1n) is 11.7. The van der Waals surface area contributed by atoms with Gasteiger partial charge in [0.15, 0.2) is 0 Å². The van der Waals surface area contributed by atoms with Crippen LogP contribution in [0.5, 0.6) is 0 Å². The highest BCUT2D eigenvalue weighted by molar-refractivity contribution is 9.10. The lowest BCUT2D eigenvalue weighted by Gasteiger charge is -2.28. The van der Waals surface area contributed by atoms with Crippen LogP contribution in [0, 0.1) is 23.2 Å². The average Bonchev–Trinajstić information content (AvgIpc) is 3.08. The molecule has 0 unspecified atom stereocenters. The lowest BCUT2D eigenvalue weighted by Crippen LogP contribution is -2.28. The van der Waals surface area contributed by atoms with Crippen molar-refractivity contribution in [1.29, 1.82) is 5.26 Å². The number of carbonyl (C=O) groups excluding carboxylic acids is 1. The van der Waals surface area contributed by atoms with Gasteiger partial charge in [0.2, 0.25) is 0 Å². The summed E-state index contributed by atoms with van der Waals surface area (Å²) in [6, 6.07) is 12.4. The molecule has 0 radical (unpaired) electrons. The van der Waals surface area contributed by atoms with Crippen molar-refractivity contribution in [2.45, 2.75) is 71.4 Å². The molecule has 0 aliphatic heterocycles. The largest absolute Gasteiger partial charge is 0.458 e. The predicted octanol–water partition coefficient (Wildman–Crippen LogP) is 5.93. The zero-order valence-corrected chi connectivity index (χ0v) is 21.4. The molecule has 1 aromatic heterocycles. The summed E-state index contributed by atoms with van der Waals surface area (Å²) in [5.41, 5.74) is 2.63. The van der Waals surface area contributed by atoms with Crippen LogP contribution in [0.25, 0.3) is 11.3 Å². The Morgan fingerprint density at radius 2 is 1.85 bits per heavy atom. The molecule has 1 saturated carbocycles. The first-order chi connectivity index (χ1) is 15.8. The van der Waals surface area contributed by atoms with Crippen LogP contribution in [0.2, 0.25) is 0 Å². The number of aromatic nitrogens is 2. The lowest BCUT2D eigenvalue weighted by atomic mass is 9.82. The van der Waals surface area contributed by atoms with Gasteiger partial charge in [-0.3, -0.25) is 4.68 Å². The molecule has 0 atom stereocenters. The molecule has 0 bridgehead atoms. The fourth-order valence-corrected chi connectivity index (χ4v) is 5.04. The third-order valence-corrected chi connectivity index (χ3v) is 6.74. The SMILES string of the molecule is CC(C)(C)OC(=O)COCC1CCC(Cn2nc(-c3ccccc3)c(Br)c2CCC#N)CC1. The fourth-order valence-electron chi connectivity index (χ4n) is 4.32. The van der Waals surface area contributed by atoms with Gasteiger partial charge in [-0.1, -0.05) is 30.3 Å². The molecule has 33 heavy (non-hydrogen) atoms. The maximum absolute atomic E-state index is 11.8. The van der Waals surface area contributed by atoms with Gasteiger partial charge < -0.3 is 9.47 Å². The Labute approximate surface area is 205 Å². The zero-order valence-electron chi connectivity index (χ0n) is 19.8. The van der Waals surface area contributed by atoms with Crippen LogP contribution in [0.4, 0.5) is 0 Å². The molecule has 0 N–H and O–H groups in total. The van der Waals surface area contributed by atoms with Gasteiger partial charge in [-0.05, 0) is 74.2 Å². The molecule has 1 fully saturated rings. The van der Waals surface area contributed by atoms with Crippen LogP contribution in [-0.4, -0.2) is 34.6 Å². The number of carbonyl (C=O) groups is 1. The van der Waals surface area contributed by atoms with Crippen molar-refractivity contribution in [3.63, 3.8) is 0 Å². The van der Waals surface area contributed by atoms with Gasteiger partial charge in [0.05, 0.1) is 22.8 Å². The smallest absolute Gasteiger partial charge is 0.332 e. The summed E-state index contributed by atoms with van der Waals surface area (Å²) in [5, 5.41) is 14.0. The van der Waals surface area contributed by atoms with Crippen molar-refractivity contribution in [3.8, 4) is 17.3 Å². The van der Waals surface area contributed by atoms with Gasteiger partial charge in [0.25, 0.3) is 0 Å². The average molecular weight is 516 g/mol. The molecule has 0 amide bonds. The Morgan fingerprint density at radius 3 is 2.48 bits per heavy atom. The van der Waals surface area contributed by atoms with E-state index < -0.39 is 5.60 Å². The standard InChI is InChI=1S/C26H34BrN3O3/c1-26(2,3)33-23(31)18-32-17-20-13-11-19(12-14-20)16-30-22(10-7-15-28)24(27)25(29-30)21-8-5-4-6-9-21/h4-6,8-9,19-20H,7,10-14,16-18H2,1-3H3. The second-order valence-electron chi connectivity index (χ2n) is 9.80. The molecule has 1 aliphatic carbocycles. The first kappa shape index (κ1) is 25.5. The van der Waals surface area contributed by atoms with E-state index in [0.717, 1.165) is 53.7 Å². The molecule has 1 aliphatic rings. The highest BCUT2D eigenvalue weighted by Gasteiger charge is 2.25. The van der Waals surface area contributed by atoms with Crippen molar-refractivity contribution in [3.05, 3.63) is 40.5 Å². The van der Waals surface area contributed by atoms with Crippen LogP contribution < -0.4 is 0 Å². The Kier molecular flexibility index (Phi) is 9.10. The van der Waals surface area contributed by atoms with Crippen LogP contribution in [-0.2, 0) is 27.2 Å². The van der Waals surface area contributed by atoms with Gasteiger partial charge in [0, 0.05) is 24.9 Å². The second kappa shape index (κ2) is 11.8. The maximum Gasteiger partial charge on any atom is 0.332 e. The molecule has 178 valence electrons. The number of benzene rings is 1. The number of nitrogens with zero attached hydrogens (tertiary/aromatic N) is 3. The van der Waals surface area contributed by atoms with E-state index in [4.69, 9.17) is 19.8 Å². The van der Waals surface area contributed by atoms with E-state index in [9.17, 15) is 4.79 Å². The highest BCUT2D eigenvalue weighted by Crippen LogP contribution is 2.34. The van der Waals surface area contributed by atoms with Gasteiger partial charge in [0.1, 0.15) is 17.9 Å². The topological polar surface area (TPSA) is 77.1 Å². The molecular formula is C26H34BrN3O3. The lowest BCUT2D eigenvalue weighted by molar-refractivity contribution is -0.160. The summed E-state index contributed by atoms with van der Waals surface area (Å²) in [6.45, 7) is 7.06. The highest BCUT2D eigenvalue weighted by atomic mass is 79.9. The number of hydrogen-bond acceptors (Lipinski definition) is 5. The molecule has 6 nitrogen and oxygen atoms in total. The fraction of sp³-hybridized carbons (Fsp3) is 0.577. The van der Waals surface area contributed by atoms with Crippen molar-refractivity contribution < 1.29 is 14.3 Å². The number of rotatable bonds is 9. The summed E-state index contributed by atoms with van der Waals surface area (Å²) in [6.07, 6.45) is 5.54. The molecule has 0 spiro atoms. The van der Waals surface area contributed by atoms with E-state index in [1.54, 1.807) is 0 Å². The first-order valence-corrected chi connectivity index (χ1v) is 12.5. The number of halogens is 1. The number of esters is 1. The molecule has 3 rings (SSSR count). The Bertz CT molecular complexity index is 952. The molecule has 1 aromatic carbocycles. The van der Waals surface area contributed by atoms with Crippen LogP contribution in [0.15, 0.2) is 34.8 Å². The third-order valence-electron chi connectivity index (χ3n) is 5.91. The number of ether oxygens (including phenoxy) is 2. The van der Waals surface area contributed by atoms with Crippen LogP contribution in [0.1, 0.15) is 58.6 Å². The van der Waals surface area contributed by atoms with Crippen molar-refractivity contribution >= 4 is 21.9 Å². The Balaban J connectivity index is 1.54. The van der Waals surface area contributed by atoms with Crippen molar-refractivity contribution in [2.24, 2.45) is 11.8 Å². The number of nitriles is 1. The van der Waals surface area contributed by atoms with E-state index in [1.807, 2.05) is 39.0 Å². The third kappa shape index (κ3) is 7.68. The maximum atomic E-state index is 11.8. The summed E-state index contributed by atoms with van der Waals surface area (Å²) in [4.78, 5) is 11.8. The van der Waals surface area contributed by atoms with Gasteiger partial charge >= 0.3 is 5.97 Å². The van der Waals surface area contributed by atoms with Crippen LogP contribution >= 0.6 is 15.9 Å². The Hall–Kier alpha value is -2.17. The minimum Gasteiger partial charge on any atom is -0.458 e. The van der Waals surface area contributed by atoms with E-state index in [2.05, 4.69) is 38.8 Å². The van der Waals surface area contributed by atoms with Gasteiger partial charge in [-0.15, -0.1) is 0 Å². The van der Waals surface area contributed by atoms with Crippen LogP contribution in [0.3, 0.4) is 0 Å². The normalized spacial score (nSPS) is 18.6. The summed E-state index contributed by atoms with van der Waals surface area (Å²) >= 11 is 3.75. The molecule has 7 heteroatoms. The van der Waals surface area contributed by atoms with E-state index >= 15 is 0 Å². The molecule has 2 aromatic rings. The number of hydrogen-bond donors (Lipinski definition) is 0. The van der Waals surface area contributed by atoms with Crippen molar-refractivity contribution in [2.75, 3.05) is 13.2 Å². The molecular weight excluding hydrogens is 482 g/mol. The molecule has 0 saturated heterocycles. The van der Waals surface area contributed by atoms with E-state index in [0.29, 0.717) is 31.3 Å². The monoisotopic (exact) mass is 515 g/mol. The van der Waals surface area contributed by atoms with Gasteiger partial charge in [-0.2, -0.15) is 10.4 Å².